The van der Waals surface area contributed by atoms with E-state index in [1.807, 2.05) is 48.5 Å². The van der Waals surface area contributed by atoms with E-state index in [0.717, 1.165) is 27.0 Å². The Labute approximate surface area is 148 Å². The normalized spacial score (nSPS) is 11.1. The number of fused-ring (bicyclic) bond motifs is 3. The Morgan fingerprint density at radius 1 is 1.04 bits per heavy atom. The van der Waals surface area contributed by atoms with Gasteiger partial charge in [0.1, 0.15) is 10.6 Å². The molecule has 0 saturated heterocycles. The van der Waals surface area contributed by atoms with E-state index in [1.165, 1.54) is 18.4 Å². The van der Waals surface area contributed by atoms with Crippen molar-refractivity contribution in [3.8, 4) is 10.9 Å². The largest absolute Gasteiger partial charge is 0.497 e. The molecule has 2 aromatic heterocycles. The lowest BCUT2D eigenvalue weighted by molar-refractivity contribution is 0.410. The van der Waals surface area contributed by atoms with Crippen LogP contribution in [0.15, 0.2) is 53.3 Å². The molecule has 0 saturated carbocycles. The van der Waals surface area contributed by atoms with Crippen LogP contribution in [-0.2, 0) is 6.54 Å². The average Bonchev–Trinajstić information content (AvgIpc) is 2.96. The molecule has 0 N–H and O–H groups in total. The zero-order valence-electron chi connectivity index (χ0n) is 13.9. The van der Waals surface area contributed by atoms with Gasteiger partial charge in [0.15, 0.2) is 0 Å². The lowest BCUT2D eigenvalue weighted by Gasteiger charge is -2.08. The summed E-state index contributed by atoms with van der Waals surface area (Å²) in [5, 5.41) is 1.94. The Hall–Kier alpha value is -2.86. The SMILES string of the molecule is COc1ccc(Cn2c3ccccc3c3c(=O)nc(OC)sc32)cc1. The standard InChI is InChI=1S/C19H16N2O3S/c1-23-13-9-7-12(8-10-13)11-21-15-6-4-3-5-14(15)16-17(22)20-19(24-2)25-18(16)21/h3-10H,11H2,1-2H3. The maximum absolute atomic E-state index is 12.5. The molecule has 0 aliphatic rings. The number of methoxy groups -OCH3 is 2. The van der Waals surface area contributed by atoms with Crippen LogP contribution in [0.25, 0.3) is 21.1 Å². The second-order valence-electron chi connectivity index (χ2n) is 5.62. The molecule has 0 radical (unpaired) electrons. The fraction of sp³-hybridized carbons (Fsp3) is 0.158. The van der Waals surface area contributed by atoms with Gasteiger partial charge in [-0.15, -0.1) is 0 Å². The number of benzene rings is 2. The molecule has 6 heteroatoms. The third-order valence-electron chi connectivity index (χ3n) is 4.19. The van der Waals surface area contributed by atoms with Crippen LogP contribution in [0.4, 0.5) is 0 Å². The summed E-state index contributed by atoms with van der Waals surface area (Å²) in [6, 6.07) is 15.8. The molecule has 2 heterocycles. The maximum Gasteiger partial charge on any atom is 0.284 e. The number of nitrogens with zero attached hydrogens (tertiary/aromatic N) is 2. The molecule has 0 aliphatic carbocycles. The summed E-state index contributed by atoms with van der Waals surface area (Å²) in [5.41, 5.74) is 1.88. The van der Waals surface area contributed by atoms with Gasteiger partial charge in [-0.25, -0.2) is 0 Å². The maximum atomic E-state index is 12.5. The first-order chi connectivity index (χ1) is 12.2. The highest BCUT2D eigenvalue weighted by Gasteiger charge is 2.16. The van der Waals surface area contributed by atoms with Gasteiger partial charge in [-0.3, -0.25) is 4.79 Å². The average molecular weight is 352 g/mol. The van der Waals surface area contributed by atoms with Gasteiger partial charge >= 0.3 is 0 Å². The molecular formula is C19H16N2O3S. The number of para-hydroxylation sites is 1. The van der Waals surface area contributed by atoms with Gasteiger partial charge in [0.2, 0.25) is 0 Å². The number of rotatable bonds is 4. The second-order valence-corrected chi connectivity index (χ2v) is 6.56. The van der Waals surface area contributed by atoms with Crippen molar-refractivity contribution in [2.75, 3.05) is 14.2 Å². The van der Waals surface area contributed by atoms with Gasteiger partial charge in [0, 0.05) is 11.9 Å². The van der Waals surface area contributed by atoms with E-state index in [9.17, 15) is 4.79 Å². The number of ether oxygens (including phenoxy) is 2. The van der Waals surface area contributed by atoms with Crippen LogP contribution in [0.2, 0.25) is 0 Å². The molecule has 0 atom stereocenters. The molecule has 0 fully saturated rings. The quantitative estimate of drug-likeness (QED) is 0.562. The molecular weight excluding hydrogens is 336 g/mol. The minimum Gasteiger partial charge on any atom is -0.497 e. The first-order valence-electron chi connectivity index (χ1n) is 7.80. The van der Waals surface area contributed by atoms with E-state index in [-0.39, 0.29) is 5.56 Å². The lowest BCUT2D eigenvalue weighted by Crippen LogP contribution is -2.06. The molecule has 0 spiro atoms. The van der Waals surface area contributed by atoms with Crippen molar-refractivity contribution >= 4 is 32.5 Å². The molecule has 0 bridgehead atoms. The van der Waals surface area contributed by atoms with Gasteiger partial charge in [-0.2, -0.15) is 4.98 Å². The van der Waals surface area contributed by atoms with Crippen molar-refractivity contribution in [1.29, 1.82) is 0 Å². The van der Waals surface area contributed by atoms with Gasteiger partial charge in [0.05, 0.1) is 25.1 Å². The zero-order valence-corrected chi connectivity index (χ0v) is 14.7. The van der Waals surface area contributed by atoms with Crippen LogP contribution in [0.3, 0.4) is 0 Å². The van der Waals surface area contributed by atoms with Crippen molar-refractivity contribution in [2.45, 2.75) is 6.54 Å². The summed E-state index contributed by atoms with van der Waals surface area (Å²) in [7, 11) is 3.18. The van der Waals surface area contributed by atoms with Crippen LogP contribution in [0.5, 0.6) is 10.9 Å². The van der Waals surface area contributed by atoms with Gasteiger partial charge < -0.3 is 14.0 Å². The van der Waals surface area contributed by atoms with Crippen molar-refractivity contribution < 1.29 is 9.47 Å². The van der Waals surface area contributed by atoms with Crippen LogP contribution >= 0.6 is 11.3 Å². The Morgan fingerprint density at radius 3 is 2.52 bits per heavy atom. The van der Waals surface area contributed by atoms with Crippen molar-refractivity contribution in [1.82, 2.24) is 9.55 Å². The number of hydrogen-bond acceptors (Lipinski definition) is 5. The predicted molar refractivity (Wildman–Crippen MR) is 100 cm³/mol. The molecule has 4 aromatic rings. The summed E-state index contributed by atoms with van der Waals surface area (Å²) >= 11 is 1.39. The lowest BCUT2D eigenvalue weighted by atomic mass is 10.2. The highest BCUT2D eigenvalue weighted by atomic mass is 32.1. The van der Waals surface area contributed by atoms with Crippen LogP contribution in [0.1, 0.15) is 5.56 Å². The predicted octanol–water partition coefficient (Wildman–Crippen LogP) is 3.68. The molecule has 0 aliphatic heterocycles. The fourth-order valence-electron chi connectivity index (χ4n) is 2.99. The Kier molecular flexibility index (Phi) is 3.89. The fourth-order valence-corrected chi connectivity index (χ4v) is 3.94. The second kappa shape index (κ2) is 6.22. The topological polar surface area (TPSA) is 53.4 Å². The van der Waals surface area contributed by atoms with E-state index in [2.05, 4.69) is 9.55 Å². The highest BCUT2D eigenvalue weighted by molar-refractivity contribution is 7.19. The summed E-state index contributed by atoms with van der Waals surface area (Å²) in [6.45, 7) is 0.650. The van der Waals surface area contributed by atoms with Crippen LogP contribution in [0, 0.1) is 0 Å². The minimum absolute atomic E-state index is 0.254. The summed E-state index contributed by atoms with van der Waals surface area (Å²) in [5.74, 6) is 0.821. The van der Waals surface area contributed by atoms with Crippen molar-refractivity contribution in [2.24, 2.45) is 0 Å². The number of aromatic nitrogens is 2. The first kappa shape index (κ1) is 15.7. The highest BCUT2D eigenvalue weighted by Crippen LogP contribution is 2.32. The van der Waals surface area contributed by atoms with E-state index in [0.29, 0.717) is 17.1 Å². The summed E-state index contributed by atoms with van der Waals surface area (Å²) in [6.07, 6.45) is 0. The summed E-state index contributed by atoms with van der Waals surface area (Å²) in [4.78, 5) is 17.4. The molecule has 2 aromatic carbocycles. The van der Waals surface area contributed by atoms with Crippen molar-refractivity contribution in [3.63, 3.8) is 0 Å². The van der Waals surface area contributed by atoms with Gasteiger partial charge in [0.25, 0.3) is 10.8 Å². The van der Waals surface area contributed by atoms with Crippen molar-refractivity contribution in [3.05, 3.63) is 64.4 Å². The number of hydrogen-bond donors (Lipinski definition) is 0. The molecule has 4 rings (SSSR count). The monoisotopic (exact) mass is 352 g/mol. The van der Waals surface area contributed by atoms with E-state index in [1.54, 1.807) is 7.11 Å². The zero-order chi connectivity index (χ0) is 17.4. The van der Waals surface area contributed by atoms with Gasteiger partial charge in [-0.1, -0.05) is 41.7 Å². The third kappa shape index (κ3) is 2.64. The van der Waals surface area contributed by atoms with Gasteiger partial charge in [-0.05, 0) is 23.8 Å². The van der Waals surface area contributed by atoms with E-state index in [4.69, 9.17) is 9.47 Å². The Morgan fingerprint density at radius 2 is 1.80 bits per heavy atom. The molecule has 0 amide bonds. The van der Waals surface area contributed by atoms with Crippen LogP contribution in [-0.4, -0.2) is 23.8 Å². The molecule has 126 valence electrons. The van der Waals surface area contributed by atoms with E-state index >= 15 is 0 Å². The Bertz CT molecular complexity index is 1110. The van der Waals surface area contributed by atoms with Crippen LogP contribution < -0.4 is 15.0 Å². The molecule has 5 nitrogen and oxygen atoms in total. The Balaban J connectivity index is 1.96. The summed E-state index contributed by atoms with van der Waals surface area (Å²) < 4.78 is 12.6. The minimum atomic E-state index is -0.254. The molecule has 0 unspecified atom stereocenters. The third-order valence-corrected chi connectivity index (χ3v) is 5.24. The molecule has 25 heavy (non-hydrogen) atoms. The smallest absolute Gasteiger partial charge is 0.284 e. The van der Waals surface area contributed by atoms with E-state index < -0.39 is 0 Å². The first-order valence-corrected chi connectivity index (χ1v) is 8.62.